The third-order valence-electron chi connectivity index (χ3n) is 1.82. The van der Waals surface area contributed by atoms with Crippen molar-refractivity contribution in [1.82, 2.24) is 5.32 Å². The van der Waals surface area contributed by atoms with Crippen molar-refractivity contribution in [2.75, 3.05) is 13.1 Å². The molecule has 6 N–H and O–H groups in total. The first-order valence-electron chi connectivity index (χ1n) is 5.54. The van der Waals surface area contributed by atoms with E-state index in [2.05, 4.69) is 29.1 Å². The minimum atomic E-state index is -1.50. The molecule has 0 aromatic heterocycles. The van der Waals surface area contributed by atoms with Crippen molar-refractivity contribution in [3.05, 3.63) is 10.1 Å². The van der Waals surface area contributed by atoms with Crippen molar-refractivity contribution >= 4 is 11.9 Å². The van der Waals surface area contributed by atoms with Crippen LogP contribution in [0, 0.1) is 16.0 Å². The van der Waals surface area contributed by atoms with Crippen LogP contribution in [0.5, 0.6) is 0 Å². The van der Waals surface area contributed by atoms with Crippen LogP contribution in [-0.2, 0) is 0 Å². The summed E-state index contributed by atoms with van der Waals surface area (Å²) in [7, 11) is 0. The van der Waals surface area contributed by atoms with E-state index in [1.54, 1.807) is 0 Å². The second-order valence-electron chi connectivity index (χ2n) is 3.48. The highest BCUT2D eigenvalue weighted by atomic mass is 16.9. The van der Waals surface area contributed by atoms with Gasteiger partial charge in [0.25, 0.3) is 5.09 Å². The van der Waals surface area contributed by atoms with Crippen molar-refractivity contribution in [3.8, 4) is 0 Å². The number of rotatable bonds is 4. The minimum Gasteiger partial charge on any atom is -0.370 e. The third-order valence-corrected chi connectivity index (χ3v) is 1.82. The fourth-order valence-corrected chi connectivity index (χ4v) is 0.783. The van der Waals surface area contributed by atoms with Gasteiger partial charge in [-0.15, -0.1) is 10.1 Å². The fraction of sp³-hybridized carbons (Fsp3) is 0.778. The van der Waals surface area contributed by atoms with Gasteiger partial charge in [-0.05, 0) is 12.8 Å². The van der Waals surface area contributed by atoms with E-state index >= 15 is 0 Å². The molecule has 106 valence electrons. The Bertz CT molecular complexity index is 284. The maximum absolute atomic E-state index is 8.36. The van der Waals surface area contributed by atoms with E-state index in [0.717, 1.165) is 19.5 Å². The molecule has 0 saturated heterocycles. The van der Waals surface area contributed by atoms with Gasteiger partial charge in [0, 0.05) is 13.1 Å². The number of nitrogens with one attached hydrogen (secondary N) is 1. The molecule has 9 nitrogen and oxygen atoms in total. The highest BCUT2D eigenvalue weighted by Crippen LogP contribution is 2.00. The maximum Gasteiger partial charge on any atom is 0.291 e. The average Bonchev–Trinajstić information content (AvgIpc) is 2.24. The van der Waals surface area contributed by atoms with Crippen LogP contribution in [0.1, 0.15) is 27.2 Å². The Labute approximate surface area is 106 Å². The van der Waals surface area contributed by atoms with Crippen LogP contribution >= 0.6 is 0 Å². The van der Waals surface area contributed by atoms with Crippen LogP contribution in [0.3, 0.4) is 0 Å². The topological polar surface area (TPSA) is 152 Å². The third kappa shape index (κ3) is 16.4. The first kappa shape index (κ1) is 18.3. The summed E-state index contributed by atoms with van der Waals surface area (Å²) in [5.41, 5.74) is 10.5. The SMILES string of the molecule is CCNC(N=C(N)N)=NCC(C)CC.O=[N+]([O-])O. The summed E-state index contributed by atoms with van der Waals surface area (Å²) in [6, 6.07) is 0. The molecule has 0 aromatic carbocycles. The van der Waals surface area contributed by atoms with Crippen LogP contribution in [-0.4, -0.2) is 35.3 Å². The van der Waals surface area contributed by atoms with Crippen molar-refractivity contribution < 1.29 is 10.3 Å². The molecule has 0 amide bonds. The van der Waals surface area contributed by atoms with Gasteiger partial charge in [-0.1, -0.05) is 20.3 Å². The van der Waals surface area contributed by atoms with Crippen LogP contribution in [0.25, 0.3) is 0 Å². The van der Waals surface area contributed by atoms with E-state index in [0.29, 0.717) is 11.9 Å². The molecule has 0 rings (SSSR count). The Kier molecular flexibility index (Phi) is 11.6. The second-order valence-corrected chi connectivity index (χ2v) is 3.48. The molecule has 0 aliphatic heterocycles. The number of aliphatic imine (C=N–C) groups is 2. The van der Waals surface area contributed by atoms with Gasteiger partial charge < -0.3 is 22.0 Å². The monoisotopic (exact) mass is 262 g/mol. The second kappa shape index (κ2) is 11.4. The molecule has 9 heteroatoms. The largest absolute Gasteiger partial charge is 0.370 e. The van der Waals surface area contributed by atoms with E-state index in [9.17, 15) is 0 Å². The van der Waals surface area contributed by atoms with Crippen LogP contribution in [0.15, 0.2) is 9.98 Å². The molecule has 18 heavy (non-hydrogen) atoms. The summed E-state index contributed by atoms with van der Waals surface area (Å²) in [5, 5.41) is 16.6. The van der Waals surface area contributed by atoms with Crippen molar-refractivity contribution in [1.29, 1.82) is 0 Å². The summed E-state index contributed by atoms with van der Waals surface area (Å²) < 4.78 is 0. The lowest BCUT2D eigenvalue weighted by atomic mass is 10.1. The van der Waals surface area contributed by atoms with Crippen LogP contribution in [0.4, 0.5) is 0 Å². The Morgan fingerprint density at radius 1 is 1.50 bits per heavy atom. The van der Waals surface area contributed by atoms with Gasteiger partial charge in [-0.25, -0.2) is 0 Å². The smallest absolute Gasteiger partial charge is 0.291 e. The Morgan fingerprint density at radius 3 is 2.33 bits per heavy atom. The van der Waals surface area contributed by atoms with E-state index in [-0.39, 0.29) is 5.96 Å². The molecule has 1 unspecified atom stereocenters. The van der Waals surface area contributed by atoms with Crippen LogP contribution in [0.2, 0.25) is 0 Å². The number of guanidine groups is 2. The van der Waals surface area contributed by atoms with Gasteiger partial charge in [0.1, 0.15) is 0 Å². The minimum absolute atomic E-state index is 0.0360. The lowest BCUT2D eigenvalue weighted by Gasteiger charge is -2.06. The van der Waals surface area contributed by atoms with Gasteiger partial charge in [0.15, 0.2) is 5.96 Å². The summed E-state index contributed by atoms with van der Waals surface area (Å²) in [4.78, 5) is 16.5. The van der Waals surface area contributed by atoms with Gasteiger partial charge >= 0.3 is 0 Å². The zero-order valence-corrected chi connectivity index (χ0v) is 11.0. The quantitative estimate of drug-likeness (QED) is 0.241. The van der Waals surface area contributed by atoms with Gasteiger partial charge in [0.2, 0.25) is 5.96 Å². The molecule has 0 aromatic rings. The van der Waals surface area contributed by atoms with E-state index < -0.39 is 5.09 Å². The molecule has 0 heterocycles. The highest BCUT2D eigenvalue weighted by molar-refractivity contribution is 5.93. The Hall–Kier alpha value is -2.06. The average molecular weight is 262 g/mol. The normalized spacial score (nSPS) is 11.8. The molecule has 0 aliphatic carbocycles. The van der Waals surface area contributed by atoms with Crippen molar-refractivity contribution in [2.24, 2.45) is 27.4 Å². The fourth-order valence-electron chi connectivity index (χ4n) is 0.783. The molecule has 1 atom stereocenters. The predicted octanol–water partition coefficient (Wildman–Crippen LogP) is -0.0763. The number of nitrogens with zero attached hydrogens (tertiary/aromatic N) is 3. The summed E-state index contributed by atoms with van der Waals surface area (Å²) >= 11 is 0. The molecular formula is C9H22N6O3. The van der Waals surface area contributed by atoms with Gasteiger partial charge in [0.05, 0.1) is 0 Å². The van der Waals surface area contributed by atoms with Gasteiger partial charge in [-0.2, -0.15) is 4.99 Å². The predicted molar refractivity (Wildman–Crippen MR) is 70.0 cm³/mol. The Morgan fingerprint density at radius 2 is 2.00 bits per heavy atom. The molecule has 0 bridgehead atoms. The molecule has 0 spiro atoms. The van der Waals surface area contributed by atoms with E-state index in [1.165, 1.54) is 0 Å². The molecule has 0 radical (unpaired) electrons. The highest BCUT2D eigenvalue weighted by Gasteiger charge is 1.99. The molecule has 0 saturated carbocycles. The van der Waals surface area contributed by atoms with E-state index in [1.807, 2.05) is 6.92 Å². The first-order chi connectivity index (χ1) is 8.33. The first-order valence-corrected chi connectivity index (χ1v) is 5.54. The Balaban J connectivity index is 0. The molecule has 0 aliphatic rings. The number of nitrogens with two attached hydrogens (primary N) is 2. The summed E-state index contributed by atoms with van der Waals surface area (Å²) in [6.07, 6.45) is 1.10. The lowest BCUT2D eigenvalue weighted by molar-refractivity contribution is -0.742. The zero-order chi connectivity index (χ0) is 14.6. The molecule has 0 fully saturated rings. The number of hydrogen-bond donors (Lipinski definition) is 4. The van der Waals surface area contributed by atoms with Crippen molar-refractivity contribution in [3.63, 3.8) is 0 Å². The molecular weight excluding hydrogens is 240 g/mol. The van der Waals surface area contributed by atoms with Crippen LogP contribution < -0.4 is 16.8 Å². The van der Waals surface area contributed by atoms with Crippen molar-refractivity contribution in [2.45, 2.75) is 27.2 Å². The summed E-state index contributed by atoms with van der Waals surface area (Å²) in [6.45, 7) is 7.75. The maximum atomic E-state index is 8.36. The van der Waals surface area contributed by atoms with E-state index in [4.69, 9.17) is 26.8 Å². The number of hydrogen-bond acceptors (Lipinski definition) is 3. The lowest BCUT2D eigenvalue weighted by Crippen LogP contribution is -2.30. The van der Waals surface area contributed by atoms with Gasteiger partial charge in [-0.3, -0.25) is 4.99 Å². The standard InChI is InChI=1S/C9H21N5.HNO3/c1-4-7(3)6-13-9(12-5-2)14-8(10)11;2-1(3)4/h7H,4-6H2,1-3H3,(H5,10,11,12,13,14);(H,2,3,4). The summed E-state index contributed by atoms with van der Waals surface area (Å²) in [5.74, 6) is 1.11. The zero-order valence-electron chi connectivity index (χ0n) is 11.0.